The van der Waals surface area contributed by atoms with Crippen LogP contribution in [0.25, 0.3) is 0 Å². The molecule has 0 heterocycles. The average molecular weight is 850 g/mol. The van der Waals surface area contributed by atoms with Crippen molar-refractivity contribution in [3.05, 3.63) is 85.1 Å². The van der Waals surface area contributed by atoms with Crippen molar-refractivity contribution in [2.24, 2.45) is 5.73 Å². The Labute approximate surface area is 355 Å². The minimum absolute atomic E-state index is 0.0678. The third-order valence-corrected chi connectivity index (χ3v) is 9.62. The number of carboxylic acids is 1. The molecule has 13 heteroatoms. The van der Waals surface area contributed by atoms with E-state index < -0.39 is 57.7 Å². The number of aliphatic hydroxyl groups excluding tert-OH is 1. The predicted octanol–water partition coefficient (Wildman–Crippen LogP) is 10.5. The SMILES string of the molecule is CCCCCCCC/C=C\C/C=C\C/C=C\CCCC(=O)O[C@H](COC(=O)CCC/C=C\C/C=C\C/C=C\C/C=C\CCCCCO)COP(=O)(O)OC[C@H](N)C(=O)O. The molecule has 0 spiro atoms. The van der Waals surface area contributed by atoms with Crippen molar-refractivity contribution in [2.75, 3.05) is 26.4 Å². The Kier molecular flexibility index (Phi) is 39.0. The average Bonchev–Trinajstić information content (AvgIpc) is 3.21. The van der Waals surface area contributed by atoms with Crippen LogP contribution in [0, 0.1) is 0 Å². The first-order valence-corrected chi connectivity index (χ1v) is 23.2. The smallest absolute Gasteiger partial charge is 0.472 e. The van der Waals surface area contributed by atoms with E-state index in [1.54, 1.807) is 0 Å². The number of aliphatic hydroxyl groups is 1. The summed E-state index contributed by atoms with van der Waals surface area (Å²) >= 11 is 0. The van der Waals surface area contributed by atoms with E-state index in [1.807, 2.05) is 24.3 Å². The van der Waals surface area contributed by atoms with Crippen molar-refractivity contribution < 1.29 is 52.6 Å². The normalized spacial score (nSPS) is 14.5. The summed E-state index contributed by atoms with van der Waals surface area (Å²) in [7, 11) is -4.75. The van der Waals surface area contributed by atoms with Crippen LogP contribution in [0.4, 0.5) is 0 Å². The second-order valence-electron chi connectivity index (χ2n) is 14.2. The van der Waals surface area contributed by atoms with E-state index in [0.29, 0.717) is 25.7 Å². The zero-order chi connectivity index (χ0) is 43.5. The molecule has 0 aromatic heterocycles. The van der Waals surface area contributed by atoms with Gasteiger partial charge in [0.05, 0.1) is 13.2 Å². The largest absolute Gasteiger partial charge is 0.480 e. The number of hydrogen-bond donors (Lipinski definition) is 4. The molecule has 336 valence electrons. The Morgan fingerprint density at radius 2 is 0.966 bits per heavy atom. The lowest BCUT2D eigenvalue weighted by Gasteiger charge is -2.20. The topological polar surface area (TPSA) is 192 Å². The maximum atomic E-state index is 12.6. The fourth-order valence-electron chi connectivity index (χ4n) is 5.23. The highest BCUT2D eigenvalue weighted by atomic mass is 31.2. The van der Waals surface area contributed by atoms with Crippen LogP contribution in [0.5, 0.6) is 0 Å². The van der Waals surface area contributed by atoms with Gasteiger partial charge in [-0.3, -0.25) is 23.4 Å². The summed E-state index contributed by atoms with van der Waals surface area (Å²) in [6.45, 7) is 0.676. The summed E-state index contributed by atoms with van der Waals surface area (Å²) in [6.07, 6.45) is 48.2. The molecule has 0 fully saturated rings. The molecule has 0 aliphatic carbocycles. The fourth-order valence-corrected chi connectivity index (χ4v) is 6.01. The molecule has 0 aromatic carbocycles. The number of carbonyl (C=O) groups excluding carboxylic acids is 2. The van der Waals surface area contributed by atoms with E-state index in [2.05, 4.69) is 72.2 Å². The number of unbranched alkanes of at least 4 members (excludes halogenated alkanes) is 11. The molecule has 0 radical (unpaired) electrons. The Balaban J connectivity index is 4.55. The van der Waals surface area contributed by atoms with Gasteiger partial charge in [-0.05, 0) is 89.9 Å². The molecule has 0 amide bonds. The van der Waals surface area contributed by atoms with Gasteiger partial charge in [-0.25, -0.2) is 4.57 Å². The van der Waals surface area contributed by atoms with Gasteiger partial charge in [-0.2, -0.15) is 0 Å². The zero-order valence-electron chi connectivity index (χ0n) is 35.8. The molecule has 59 heavy (non-hydrogen) atoms. The van der Waals surface area contributed by atoms with Crippen LogP contribution in [-0.4, -0.2) is 71.6 Å². The van der Waals surface area contributed by atoms with Crippen molar-refractivity contribution in [2.45, 2.75) is 160 Å². The monoisotopic (exact) mass is 850 g/mol. The molecule has 12 nitrogen and oxygen atoms in total. The molecular formula is C46H76NO11P. The fraction of sp³-hybridized carbons (Fsp3) is 0.630. The highest BCUT2D eigenvalue weighted by Crippen LogP contribution is 2.43. The van der Waals surface area contributed by atoms with Gasteiger partial charge in [-0.1, -0.05) is 131 Å². The molecule has 0 aliphatic rings. The van der Waals surface area contributed by atoms with Crippen LogP contribution >= 0.6 is 7.82 Å². The minimum Gasteiger partial charge on any atom is -0.480 e. The summed E-state index contributed by atoms with van der Waals surface area (Å²) in [5.41, 5.74) is 5.32. The third-order valence-electron chi connectivity index (χ3n) is 8.67. The minimum atomic E-state index is -4.75. The summed E-state index contributed by atoms with van der Waals surface area (Å²) < 4.78 is 32.5. The van der Waals surface area contributed by atoms with Crippen molar-refractivity contribution in [3.63, 3.8) is 0 Å². The number of carbonyl (C=O) groups is 3. The second kappa shape index (κ2) is 41.4. The number of rotatable bonds is 40. The van der Waals surface area contributed by atoms with Crippen LogP contribution < -0.4 is 5.73 Å². The predicted molar refractivity (Wildman–Crippen MR) is 236 cm³/mol. The first kappa shape index (κ1) is 55.6. The molecule has 5 N–H and O–H groups in total. The number of allylic oxidation sites excluding steroid dienone is 14. The molecule has 3 atom stereocenters. The summed E-state index contributed by atoms with van der Waals surface area (Å²) in [4.78, 5) is 45.9. The van der Waals surface area contributed by atoms with Crippen LogP contribution in [0.3, 0.4) is 0 Å². The van der Waals surface area contributed by atoms with Crippen LogP contribution in [0.1, 0.15) is 148 Å². The van der Waals surface area contributed by atoms with Gasteiger partial charge in [0.2, 0.25) is 0 Å². The van der Waals surface area contributed by atoms with Gasteiger partial charge < -0.3 is 30.3 Å². The van der Waals surface area contributed by atoms with Gasteiger partial charge in [0, 0.05) is 19.4 Å². The van der Waals surface area contributed by atoms with Gasteiger partial charge in [-0.15, -0.1) is 0 Å². The van der Waals surface area contributed by atoms with E-state index in [1.165, 1.54) is 38.5 Å². The van der Waals surface area contributed by atoms with Crippen molar-refractivity contribution in [1.82, 2.24) is 0 Å². The van der Waals surface area contributed by atoms with Gasteiger partial charge in [0.25, 0.3) is 0 Å². The molecule has 0 aromatic rings. The Morgan fingerprint density at radius 1 is 0.559 bits per heavy atom. The summed E-state index contributed by atoms with van der Waals surface area (Å²) in [5, 5.41) is 17.7. The molecule has 1 unspecified atom stereocenters. The Morgan fingerprint density at radius 3 is 1.44 bits per heavy atom. The number of hydrogen-bond acceptors (Lipinski definition) is 10. The van der Waals surface area contributed by atoms with Crippen molar-refractivity contribution >= 4 is 25.7 Å². The third kappa shape index (κ3) is 41.2. The zero-order valence-corrected chi connectivity index (χ0v) is 36.6. The first-order valence-electron chi connectivity index (χ1n) is 21.7. The van der Waals surface area contributed by atoms with Crippen molar-refractivity contribution in [1.29, 1.82) is 0 Å². The molecule has 0 aliphatic heterocycles. The number of ether oxygens (including phenoxy) is 2. The number of phosphoric ester groups is 1. The summed E-state index contributed by atoms with van der Waals surface area (Å²) in [5.74, 6) is -2.55. The number of nitrogens with two attached hydrogens (primary N) is 1. The van der Waals surface area contributed by atoms with Crippen molar-refractivity contribution in [3.8, 4) is 0 Å². The van der Waals surface area contributed by atoms with Crippen LogP contribution in [0.15, 0.2) is 85.1 Å². The molecular weight excluding hydrogens is 773 g/mol. The summed E-state index contributed by atoms with van der Waals surface area (Å²) in [6, 6.07) is -1.54. The van der Waals surface area contributed by atoms with E-state index in [9.17, 15) is 23.8 Å². The number of phosphoric acid groups is 1. The van der Waals surface area contributed by atoms with Crippen LogP contribution in [-0.2, 0) is 37.5 Å². The van der Waals surface area contributed by atoms with Gasteiger partial charge in [0.15, 0.2) is 6.10 Å². The van der Waals surface area contributed by atoms with E-state index in [0.717, 1.165) is 64.2 Å². The van der Waals surface area contributed by atoms with E-state index in [4.69, 9.17) is 29.9 Å². The molecule has 0 rings (SSSR count). The highest BCUT2D eigenvalue weighted by Gasteiger charge is 2.28. The quantitative estimate of drug-likeness (QED) is 0.0198. The number of esters is 2. The lowest BCUT2D eigenvalue weighted by molar-refractivity contribution is -0.161. The number of aliphatic carboxylic acids is 1. The lowest BCUT2D eigenvalue weighted by atomic mass is 10.1. The highest BCUT2D eigenvalue weighted by molar-refractivity contribution is 7.47. The molecule has 0 saturated carbocycles. The Bertz CT molecular complexity index is 1320. The Hall–Kier alpha value is -3.38. The van der Waals surface area contributed by atoms with E-state index >= 15 is 0 Å². The first-order chi connectivity index (χ1) is 28.6. The maximum Gasteiger partial charge on any atom is 0.472 e. The van der Waals surface area contributed by atoms with Crippen LogP contribution in [0.2, 0.25) is 0 Å². The lowest BCUT2D eigenvalue weighted by Crippen LogP contribution is -2.34. The standard InChI is InChI=1S/C46H76NO11P/c1-2-3-4-5-6-7-8-9-10-12-16-19-22-25-28-31-34-37-45(50)58-42(40-56-59(53,54)57-41-43(47)46(51)52)39-55-44(49)36-33-30-27-24-21-18-15-13-11-14-17-20-23-26-29-32-35-38-48/h9-11,14-16,18-20,23-25,27-28,42-43,48H,2-8,12-13,17,21-22,26,29-41,47H2,1H3,(H,51,52)(H,53,54)/b10-9-,14-11-,18-15-,19-16-,23-20-,27-24-,28-25-/t42-,43+/m1/s1. The van der Waals surface area contributed by atoms with Gasteiger partial charge >= 0.3 is 25.7 Å². The van der Waals surface area contributed by atoms with Gasteiger partial charge in [0.1, 0.15) is 12.6 Å². The maximum absolute atomic E-state index is 12.6. The second-order valence-corrected chi connectivity index (χ2v) is 15.6. The number of carboxylic acid groups (broad SMARTS) is 1. The molecule has 0 saturated heterocycles. The van der Waals surface area contributed by atoms with E-state index in [-0.39, 0.29) is 19.4 Å². The molecule has 0 bridgehead atoms.